The molecule has 0 unspecified atom stereocenters. The highest BCUT2D eigenvalue weighted by Crippen LogP contribution is 2.29. The molecule has 0 atom stereocenters. The minimum atomic E-state index is -0.372. The Bertz CT molecular complexity index is 893. The minimum Gasteiger partial charge on any atom is -0.465 e. The molecule has 3 aromatic rings. The summed E-state index contributed by atoms with van der Waals surface area (Å²) in [6.07, 6.45) is 0. The molecule has 0 aliphatic heterocycles. The maximum atomic E-state index is 12.2. The van der Waals surface area contributed by atoms with E-state index in [4.69, 9.17) is 9.72 Å². The largest absolute Gasteiger partial charge is 0.465 e. The lowest BCUT2D eigenvalue weighted by Crippen LogP contribution is -2.11. The van der Waals surface area contributed by atoms with Gasteiger partial charge in [0.05, 0.1) is 23.9 Å². The summed E-state index contributed by atoms with van der Waals surface area (Å²) in [5.74, 6) is -0.372. The number of esters is 1. The molecule has 0 saturated carbocycles. The Kier molecular flexibility index (Phi) is 4.10. The second-order valence-corrected chi connectivity index (χ2v) is 6.90. The molecule has 3 nitrogen and oxygen atoms in total. The van der Waals surface area contributed by atoms with Crippen LogP contribution >= 0.6 is 0 Å². The van der Waals surface area contributed by atoms with Gasteiger partial charge in [-0.2, -0.15) is 0 Å². The topological polar surface area (TPSA) is 39.2 Å². The molecular formula is C21H21NO2. The molecule has 0 radical (unpaired) electrons. The quantitative estimate of drug-likeness (QED) is 0.625. The van der Waals surface area contributed by atoms with Crippen molar-refractivity contribution in [2.24, 2.45) is 0 Å². The van der Waals surface area contributed by atoms with Crippen LogP contribution in [-0.4, -0.2) is 18.1 Å². The molecule has 2 aromatic carbocycles. The number of hydrogen-bond donors (Lipinski definition) is 0. The van der Waals surface area contributed by atoms with Crippen LogP contribution < -0.4 is 0 Å². The molecule has 0 aliphatic rings. The van der Waals surface area contributed by atoms with Crippen LogP contribution in [0.4, 0.5) is 0 Å². The van der Waals surface area contributed by atoms with E-state index in [1.54, 1.807) is 0 Å². The maximum Gasteiger partial charge on any atom is 0.340 e. The van der Waals surface area contributed by atoms with Crippen LogP contribution in [0.3, 0.4) is 0 Å². The Hall–Kier alpha value is -2.68. The Balaban J connectivity index is 2.28. The van der Waals surface area contributed by atoms with E-state index < -0.39 is 0 Å². The van der Waals surface area contributed by atoms with Gasteiger partial charge in [0.15, 0.2) is 0 Å². The second-order valence-electron chi connectivity index (χ2n) is 6.90. The first kappa shape index (κ1) is 16.2. The Morgan fingerprint density at radius 1 is 1.00 bits per heavy atom. The molecule has 3 rings (SSSR count). The van der Waals surface area contributed by atoms with Gasteiger partial charge in [0.2, 0.25) is 0 Å². The van der Waals surface area contributed by atoms with Crippen LogP contribution in [-0.2, 0) is 10.2 Å². The van der Waals surface area contributed by atoms with Crippen LogP contribution in [0, 0.1) is 0 Å². The number of rotatable bonds is 2. The lowest BCUT2D eigenvalue weighted by Gasteiger charge is -2.19. The summed E-state index contributed by atoms with van der Waals surface area (Å²) < 4.78 is 4.95. The van der Waals surface area contributed by atoms with Gasteiger partial charge in [-0.3, -0.25) is 0 Å². The van der Waals surface area contributed by atoms with Crippen LogP contribution in [0.1, 0.15) is 36.7 Å². The average molecular weight is 319 g/mol. The number of aromatic nitrogens is 1. The number of methoxy groups -OCH3 is 1. The third kappa shape index (κ3) is 3.02. The molecule has 3 heteroatoms. The molecule has 0 N–H and O–H groups in total. The fourth-order valence-corrected chi connectivity index (χ4v) is 2.72. The summed E-state index contributed by atoms with van der Waals surface area (Å²) in [6, 6.07) is 17.8. The van der Waals surface area contributed by atoms with Crippen molar-refractivity contribution in [2.75, 3.05) is 7.11 Å². The molecule has 1 heterocycles. The van der Waals surface area contributed by atoms with Gasteiger partial charge in [0, 0.05) is 10.9 Å². The summed E-state index contributed by atoms with van der Waals surface area (Å²) in [7, 11) is 1.39. The highest BCUT2D eigenvalue weighted by atomic mass is 16.5. The van der Waals surface area contributed by atoms with E-state index in [1.165, 1.54) is 12.7 Å². The second kappa shape index (κ2) is 6.08. The fourth-order valence-electron chi connectivity index (χ4n) is 2.72. The Morgan fingerprint density at radius 2 is 1.71 bits per heavy atom. The van der Waals surface area contributed by atoms with Crippen LogP contribution in [0.15, 0.2) is 54.6 Å². The number of carbonyl (C=O) groups is 1. The minimum absolute atomic E-state index is 0.0454. The van der Waals surface area contributed by atoms with E-state index in [2.05, 4.69) is 32.9 Å². The Morgan fingerprint density at radius 3 is 2.33 bits per heavy atom. The number of benzene rings is 2. The number of hydrogen-bond acceptors (Lipinski definition) is 3. The van der Waals surface area contributed by atoms with Crippen molar-refractivity contribution in [2.45, 2.75) is 26.2 Å². The Labute approximate surface area is 142 Å². The first-order chi connectivity index (χ1) is 11.4. The lowest BCUT2D eigenvalue weighted by atomic mass is 9.86. The number of carbonyl (C=O) groups excluding carboxylic acids is 1. The highest BCUT2D eigenvalue weighted by molar-refractivity contribution is 6.00. The first-order valence-corrected chi connectivity index (χ1v) is 7.99. The number of pyridine rings is 1. The normalized spacial score (nSPS) is 11.5. The maximum absolute atomic E-state index is 12.2. The standard InChI is InChI=1S/C21H21NO2/c1-21(2,3)16-11-10-15-12-17(20(23)24-4)19(22-18(15)13-16)14-8-6-5-7-9-14/h5-13H,1-4H3. The van der Waals surface area contributed by atoms with E-state index in [0.717, 1.165) is 16.5 Å². The van der Waals surface area contributed by atoms with Gasteiger partial charge in [-0.05, 0) is 23.1 Å². The summed E-state index contributed by atoms with van der Waals surface area (Å²) in [5, 5.41) is 0.933. The molecule has 0 bridgehead atoms. The van der Waals surface area contributed by atoms with Gasteiger partial charge in [0.25, 0.3) is 0 Å². The smallest absolute Gasteiger partial charge is 0.340 e. The molecule has 0 aliphatic carbocycles. The summed E-state index contributed by atoms with van der Waals surface area (Å²) in [5.41, 5.74) is 4.19. The number of fused-ring (bicyclic) bond motifs is 1. The van der Waals surface area contributed by atoms with Crippen molar-refractivity contribution < 1.29 is 9.53 Å². The molecule has 0 spiro atoms. The molecule has 0 fully saturated rings. The molecule has 122 valence electrons. The van der Waals surface area contributed by atoms with Crippen molar-refractivity contribution in [3.63, 3.8) is 0 Å². The molecular weight excluding hydrogens is 298 g/mol. The summed E-state index contributed by atoms with van der Waals surface area (Å²) in [6.45, 7) is 6.53. The van der Waals surface area contributed by atoms with Gasteiger partial charge < -0.3 is 4.74 Å². The van der Waals surface area contributed by atoms with Crippen LogP contribution in [0.5, 0.6) is 0 Å². The number of nitrogens with zero attached hydrogens (tertiary/aromatic N) is 1. The zero-order valence-corrected chi connectivity index (χ0v) is 14.5. The molecule has 0 amide bonds. The third-order valence-electron chi connectivity index (χ3n) is 4.14. The lowest BCUT2D eigenvalue weighted by molar-refractivity contribution is 0.0601. The van der Waals surface area contributed by atoms with Crippen molar-refractivity contribution in [3.8, 4) is 11.3 Å². The highest BCUT2D eigenvalue weighted by Gasteiger charge is 2.18. The van der Waals surface area contributed by atoms with Gasteiger partial charge in [-0.1, -0.05) is 63.2 Å². The van der Waals surface area contributed by atoms with E-state index in [1.807, 2.05) is 42.5 Å². The SMILES string of the molecule is COC(=O)c1cc2ccc(C(C)(C)C)cc2nc1-c1ccccc1. The van der Waals surface area contributed by atoms with E-state index in [9.17, 15) is 4.79 Å². The first-order valence-electron chi connectivity index (χ1n) is 7.99. The summed E-state index contributed by atoms with van der Waals surface area (Å²) >= 11 is 0. The predicted octanol–water partition coefficient (Wildman–Crippen LogP) is 4.99. The number of ether oxygens (including phenoxy) is 1. The third-order valence-corrected chi connectivity index (χ3v) is 4.14. The van der Waals surface area contributed by atoms with Gasteiger partial charge in [-0.15, -0.1) is 0 Å². The molecule has 24 heavy (non-hydrogen) atoms. The molecule has 1 aromatic heterocycles. The van der Waals surface area contributed by atoms with E-state index >= 15 is 0 Å². The van der Waals surface area contributed by atoms with Crippen molar-refractivity contribution in [1.29, 1.82) is 0 Å². The van der Waals surface area contributed by atoms with Crippen LogP contribution in [0.2, 0.25) is 0 Å². The molecule has 0 saturated heterocycles. The average Bonchev–Trinajstić information content (AvgIpc) is 2.59. The zero-order chi connectivity index (χ0) is 17.3. The summed E-state index contributed by atoms with van der Waals surface area (Å²) in [4.78, 5) is 17.0. The van der Waals surface area contributed by atoms with Gasteiger partial charge in [-0.25, -0.2) is 9.78 Å². The zero-order valence-electron chi connectivity index (χ0n) is 14.5. The van der Waals surface area contributed by atoms with E-state index in [-0.39, 0.29) is 11.4 Å². The van der Waals surface area contributed by atoms with Crippen molar-refractivity contribution in [1.82, 2.24) is 4.98 Å². The van der Waals surface area contributed by atoms with Crippen molar-refractivity contribution >= 4 is 16.9 Å². The van der Waals surface area contributed by atoms with Gasteiger partial charge >= 0.3 is 5.97 Å². The monoisotopic (exact) mass is 319 g/mol. The fraction of sp³-hybridized carbons (Fsp3) is 0.238. The van der Waals surface area contributed by atoms with Crippen LogP contribution in [0.25, 0.3) is 22.2 Å². The van der Waals surface area contributed by atoms with Crippen molar-refractivity contribution in [3.05, 3.63) is 65.7 Å². The van der Waals surface area contributed by atoms with E-state index in [0.29, 0.717) is 11.3 Å². The van der Waals surface area contributed by atoms with Gasteiger partial charge in [0.1, 0.15) is 0 Å². The predicted molar refractivity (Wildman–Crippen MR) is 97.2 cm³/mol.